The average Bonchev–Trinajstić information content (AvgIpc) is 2.48. The predicted molar refractivity (Wildman–Crippen MR) is 53.1 cm³/mol. The minimum Gasteiger partial charge on any atom is -0.465 e. The van der Waals surface area contributed by atoms with Gasteiger partial charge >= 0.3 is 0 Å². The molecule has 2 nitrogen and oxygen atoms in total. The summed E-state index contributed by atoms with van der Waals surface area (Å²) in [6, 6.07) is 10.2. The summed E-state index contributed by atoms with van der Waals surface area (Å²) in [7, 11) is 0. The van der Waals surface area contributed by atoms with E-state index in [9.17, 15) is 0 Å². The van der Waals surface area contributed by atoms with Gasteiger partial charge in [-0.05, 0) is 17.2 Å². The number of hydrogen-bond donors (Lipinski definition) is 0. The van der Waals surface area contributed by atoms with Crippen molar-refractivity contribution in [2.75, 3.05) is 6.79 Å². The summed E-state index contributed by atoms with van der Waals surface area (Å²) in [5.41, 5.74) is 2.32. The molecule has 0 saturated heterocycles. The molecule has 0 N–H and O–H groups in total. The Hall–Kier alpha value is -1.70. The van der Waals surface area contributed by atoms with Crippen molar-refractivity contribution < 1.29 is 9.47 Å². The van der Waals surface area contributed by atoms with Crippen molar-refractivity contribution >= 4 is 0 Å². The Morgan fingerprint density at radius 3 is 2.93 bits per heavy atom. The molecule has 0 bridgehead atoms. The van der Waals surface area contributed by atoms with Crippen molar-refractivity contribution in [1.82, 2.24) is 0 Å². The molecule has 71 valence electrons. The van der Waals surface area contributed by atoms with Crippen molar-refractivity contribution in [1.29, 1.82) is 0 Å². The molecule has 1 aliphatic rings. The Bertz CT molecular complexity index is 339. The minimum atomic E-state index is 0.245. The summed E-state index contributed by atoms with van der Waals surface area (Å²) in [6.45, 7) is 0.245. The second-order valence-corrected chi connectivity index (χ2v) is 3.05. The molecule has 0 saturated carbocycles. The molecule has 1 heterocycles. The van der Waals surface area contributed by atoms with Crippen LogP contribution in [0.4, 0.5) is 0 Å². The van der Waals surface area contributed by atoms with Crippen LogP contribution in [0.1, 0.15) is 5.56 Å². The molecule has 0 unspecified atom stereocenters. The summed E-state index contributed by atoms with van der Waals surface area (Å²) in [4.78, 5) is 0. The minimum absolute atomic E-state index is 0.245. The van der Waals surface area contributed by atoms with Crippen molar-refractivity contribution in [3.63, 3.8) is 0 Å². The van der Waals surface area contributed by atoms with Crippen molar-refractivity contribution in [2.45, 2.75) is 6.42 Å². The van der Waals surface area contributed by atoms with E-state index in [-0.39, 0.29) is 6.79 Å². The molecule has 0 aromatic heterocycles. The first-order valence-corrected chi connectivity index (χ1v) is 4.50. The molecule has 2 rings (SSSR count). The predicted octanol–water partition coefficient (Wildman–Crippen LogP) is 2.43. The molecule has 2 heteroatoms. The molecule has 14 heavy (non-hydrogen) atoms. The zero-order valence-corrected chi connectivity index (χ0v) is 7.77. The Morgan fingerprint density at radius 1 is 1.21 bits per heavy atom. The van der Waals surface area contributed by atoms with E-state index < -0.39 is 0 Å². The zero-order chi connectivity index (χ0) is 9.64. The van der Waals surface area contributed by atoms with Crippen molar-refractivity contribution in [3.8, 4) is 0 Å². The van der Waals surface area contributed by atoms with Gasteiger partial charge in [0.15, 0.2) is 6.26 Å². The van der Waals surface area contributed by atoms with Gasteiger partial charge in [0.1, 0.15) is 0 Å². The lowest BCUT2D eigenvalue weighted by molar-refractivity contribution is 0.0382. The van der Waals surface area contributed by atoms with Gasteiger partial charge in [-0.2, -0.15) is 0 Å². The van der Waals surface area contributed by atoms with E-state index in [4.69, 9.17) is 9.47 Å². The van der Waals surface area contributed by atoms with Crippen LogP contribution >= 0.6 is 0 Å². The lowest BCUT2D eigenvalue weighted by Crippen LogP contribution is -1.88. The molecule has 1 radical (unpaired) electrons. The van der Waals surface area contributed by atoms with E-state index in [1.807, 2.05) is 18.2 Å². The largest absolute Gasteiger partial charge is 0.465 e. The second-order valence-electron chi connectivity index (χ2n) is 3.05. The third kappa shape index (κ3) is 2.39. The third-order valence-corrected chi connectivity index (χ3v) is 1.94. The average molecular weight is 187 g/mol. The molecule has 1 aromatic rings. The van der Waals surface area contributed by atoms with E-state index in [1.165, 1.54) is 5.56 Å². The first-order chi connectivity index (χ1) is 6.95. The fourth-order valence-corrected chi connectivity index (χ4v) is 1.28. The first-order valence-electron chi connectivity index (χ1n) is 4.50. The number of allylic oxidation sites excluding steroid dienone is 2. The van der Waals surface area contributed by atoms with Crippen LogP contribution in [0.2, 0.25) is 0 Å². The lowest BCUT2D eigenvalue weighted by Gasteiger charge is -2.00. The van der Waals surface area contributed by atoms with E-state index in [0.29, 0.717) is 0 Å². The number of hydrogen-bond acceptors (Lipinski definition) is 2. The molecular weight excluding hydrogens is 176 g/mol. The maximum atomic E-state index is 5.10. The summed E-state index contributed by atoms with van der Waals surface area (Å²) in [6.07, 6.45) is 7.06. The van der Waals surface area contributed by atoms with Crippen LogP contribution in [0.3, 0.4) is 0 Å². The highest BCUT2D eigenvalue weighted by Gasteiger charge is 1.99. The van der Waals surface area contributed by atoms with Crippen LogP contribution in [-0.4, -0.2) is 6.79 Å². The summed E-state index contributed by atoms with van der Waals surface area (Å²) < 4.78 is 9.98. The van der Waals surface area contributed by atoms with Gasteiger partial charge in [-0.3, -0.25) is 0 Å². The highest BCUT2D eigenvalue weighted by molar-refractivity contribution is 5.26. The van der Waals surface area contributed by atoms with Gasteiger partial charge in [0.05, 0.1) is 6.26 Å². The molecular formula is C12H11O2. The number of benzene rings is 1. The Labute approximate surface area is 83.5 Å². The van der Waals surface area contributed by atoms with Crippen molar-refractivity contribution in [3.05, 3.63) is 60.1 Å². The van der Waals surface area contributed by atoms with Gasteiger partial charge in [0.25, 0.3) is 0 Å². The highest BCUT2D eigenvalue weighted by Crippen LogP contribution is 2.10. The van der Waals surface area contributed by atoms with E-state index >= 15 is 0 Å². The van der Waals surface area contributed by atoms with Gasteiger partial charge in [0, 0.05) is 6.42 Å². The molecule has 1 aliphatic heterocycles. The summed E-state index contributed by atoms with van der Waals surface area (Å²) >= 11 is 0. The second kappa shape index (κ2) is 4.51. The molecule has 1 aromatic carbocycles. The smallest absolute Gasteiger partial charge is 0.230 e. The quantitative estimate of drug-likeness (QED) is 0.708. The number of rotatable bonds is 2. The third-order valence-electron chi connectivity index (χ3n) is 1.94. The Kier molecular flexibility index (Phi) is 2.86. The molecule has 0 spiro atoms. The normalized spacial score (nSPS) is 15.0. The van der Waals surface area contributed by atoms with Crippen LogP contribution in [0.25, 0.3) is 0 Å². The zero-order valence-electron chi connectivity index (χ0n) is 7.77. The Morgan fingerprint density at radius 2 is 2.07 bits per heavy atom. The topological polar surface area (TPSA) is 18.5 Å². The highest BCUT2D eigenvalue weighted by atomic mass is 16.7. The lowest BCUT2D eigenvalue weighted by atomic mass is 10.1. The Balaban J connectivity index is 2.06. The molecule has 0 aliphatic carbocycles. The molecule has 0 atom stereocenters. The summed E-state index contributed by atoms with van der Waals surface area (Å²) in [5, 5.41) is 0. The first kappa shape index (κ1) is 8.88. The standard InChI is InChI=1S/C12H11O2/c1-2-4-11(5-3-1)8-12-6-7-13-10-14-9-12/h1-6,9H,8,10H2. The van der Waals surface area contributed by atoms with E-state index in [1.54, 1.807) is 12.3 Å². The van der Waals surface area contributed by atoms with Gasteiger partial charge < -0.3 is 9.47 Å². The van der Waals surface area contributed by atoms with Crippen LogP contribution in [0.15, 0.2) is 48.2 Å². The maximum absolute atomic E-state index is 5.10. The van der Waals surface area contributed by atoms with Crippen LogP contribution < -0.4 is 0 Å². The van der Waals surface area contributed by atoms with Crippen LogP contribution in [-0.2, 0) is 15.9 Å². The van der Waals surface area contributed by atoms with Crippen LogP contribution in [0.5, 0.6) is 0 Å². The monoisotopic (exact) mass is 187 g/mol. The fourth-order valence-electron chi connectivity index (χ4n) is 1.28. The fraction of sp³-hybridized carbons (Fsp3) is 0.167. The van der Waals surface area contributed by atoms with Crippen LogP contribution in [0, 0.1) is 6.26 Å². The van der Waals surface area contributed by atoms with Crippen molar-refractivity contribution in [2.24, 2.45) is 0 Å². The van der Waals surface area contributed by atoms with Gasteiger partial charge in [0.2, 0.25) is 6.79 Å². The molecule has 0 fully saturated rings. The number of ether oxygens (including phenoxy) is 2. The van der Waals surface area contributed by atoms with Gasteiger partial charge in [-0.15, -0.1) is 0 Å². The molecule has 0 amide bonds. The van der Waals surface area contributed by atoms with E-state index in [2.05, 4.69) is 18.4 Å². The van der Waals surface area contributed by atoms with E-state index in [0.717, 1.165) is 12.0 Å². The van der Waals surface area contributed by atoms with Gasteiger partial charge in [-0.1, -0.05) is 30.3 Å². The van der Waals surface area contributed by atoms with Gasteiger partial charge in [-0.25, -0.2) is 0 Å². The maximum Gasteiger partial charge on any atom is 0.230 e. The SMILES string of the molecule is [C]1=CC(Cc2ccccc2)=COCO1. The summed E-state index contributed by atoms with van der Waals surface area (Å²) in [5.74, 6) is 0.